The zero-order valence-corrected chi connectivity index (χ0v) is 10.5. The van der Waals surface area contributed by atoms with Gasteiger partial charge in [0, 0.05) is 13.2 Å². The molecule has 6 heteroatoms. The van der Waals surface area contributed by atoms with Crippen molar-refractivity contribution >= 4 is 17.5 Å². The Morgan fingerprint density at radius 1 is 1.56 bits per heavy atom. The smallest absolute Gasteiger partial charge is 0.339 e. The van der Waals surface area contributed by atoms with Crippen molar-refractivity contribution in [1.29, 1.82) is 0 Å². The molecule has 0 aliphatic rings. The first-order valence-electron chi connectivity index (χ1n) is 5.95. The van der Waals surface area contributed by atoms with Gasteiger partial charge in [-0.15, -0.1) is 0 Å². The Morgan fingerprint density at radius 2 is 2.33 bits per heavy atom. The lowest BCUT2D eigenvalue weighted by Gasteiger charge is -2.09. The number of aromatic carboxylic acids is 1. The molecule has 1 rings (SSSR count). The Hall–Kier alpha value is -1.82. The number of nitrogens with one attached hydrogen (secondary N) is 1. The van der Waals surface area contributed by atoms with Crippen LogP contribution in [0.2, 0.25) is 0 Å². The molecule has 4 N–H and O–H groups in total. The predicted molar refractivity (Wildman–Crippen MR) is 69.8 cm³/mol. The van der Waals surface area contributed by atoms with Crippen molar-refractivity contribution in [2.75, 3.05) is 30.8 Å². The Balaban J connectivity index is 2.44. The monoisotopic (exact) mass is 253 g/mol. The molecule has 0 bridgehead atoms. The minimum absolute atomic E-state index is 0.0727. The van der Waals surface area contributed by atoms with E-state index in [0.29, 0.717) is 24.7 Å². The molecule has 0 fully saturated rings. The summed E-state index contributed by atoms with van der Waals surface area (Å²) in [5, 5.41) is 11.9. The number of nitrogens with two attached hydrogens (primary N) is 1. The maximum Gasteiger partial charge on any atom is 0.339 e. The highest BCUT2D eigenvalue weighted by atomic mass is 16.5. The summed E-state index contributed by atoms with van der Waals surface area (Å²) in [6.45, 7) is 3.85. The summed E-state index contributed by atoms with van der Waals surface area (Å²) < 4.78 is 5.36. The third kappa shape index (κ3) is 4.58. The molecule has 18 heavy (non-hydrogen) atoms. The molecular weight excluding hydrogens is 234 g/mol. The first-order chi connectivity index (χ1) is 8.65. The number of aromatic nitrogens is 1. The molecule has 0 aliphatic carbocycles. The molecule has 0 saturated carbocycles. The largest absolute Gasteiger partial charge is 0.478 e. The summed E-state index contributed by atoms with van der Waals surface area (Å²) >= 11 is 0. The summed E-state index contributed by atoms with van der Waals surface area (Å²) in [7, 11) is 0. The zero-order chi connectivity index (χ0) is 13.4. The van der Waals surface area contributed by atoms with Gasteiger partial charge in [-0.3, -0.25) is 0 Å². The van der Waals surface area contributed by atoms with Crippen molar-refractivity contribution in [3.8, 4) is 0 Å². The third-order valence-corrected chi connectivity index (χ3v) is 2.32. The number of hydrogen-bond donors (Lipinski definition) is 3. The maximum absolute atomic E-state index is 11.0. The minimum Gasteiger partial charge on any atom is -0.478 e. The van der Waals surface area contributed by atoms with Gasteiger partial charge in [-0.05, 0) is 12.5 Å². The van der Waals surface area contributed by atoms with Crippen molar-refractivity contribution in [2.45, 2.75) is 19.8 Å². The number of carboxylic acids is 1. The molecule has 100 valence electrons. The number of carboxylic acid groups (broad SMARTS) is 1. The van der Waals surface area contributed by atoms with E-state index in [2.05, 4.69) is 17.2 Å². The number of rotatable bonds is 8. The molecule has 1 aromatic rings. The van der Waals surface area contributed by atoms with Crippen LogP contribution < -0.4 is 11.1 Å². The van der Waals surface area contributed by atoms with Gasteiger partial charge in [-0.2, -0.15) is 0 Å². The minimum atomic E-state index is -1.05. The van der Waals surface area contributed by atoms with Gasteiger partial charge in [0.25, 0.3) is 0 Å². The maximum atomic E-state index is 11.0. The van der Waals surface area contributed by atoms with Crippen LogP contribution in [0.15, 0.2) is 12.3 Å². The second-order valence-corrected chi connectivity index (χ2v) is 3.86. The Labute approximate surface area is 106 Å². The zero-order valence-electron chi connectivity index (χ0n) is 10.5. The van der Waals surface area contributed by atoms with Crippen LogP contribution in [0.5, 0.6) is 0 Å². The third-order valence-electron chi connectivity index (χ3n) is 2.32. The lowest BCUT2D eigenvalue weighted by molar-refractivity contribution is 0.0697. The molecule has 0 aliphatic heterocycles. The Kier molecular flexibility index (Phi) is 5.93. The highest BCUT2D eigenvalue weighted by molar-refractivity contribution is 5.94. The molecule has 0 unspecified atom stereocenters. The highest BCUT2D eigenvalue weighted by Crippen LogP contribution is 2.15. The summed E-state index contributed by atoms with van der Waals surface area (Å²) in [6, 6.07) is 1.38. The molecule has 0 aromatic carbocycles. The fraction of sp³-hybridized carbons (Fsp3) is 0.500. The molecule has 0 radical (unpaired) electrons. The lowest BCUT2D eigenvalue weighted by atomic mass is 10.2. The number of unbranched alkanes of at least 4 members (excludes halogenated alkanes) is 1. The average molecular weight is 253 g/mol. The SMILES string of the molecule is CCCCOCCNc1ncc(N)cc1C(=O)O. The van der Waals surface area contributed by atoms with E-state index in [1.807, 2.05) is 0 Å². The van der Waals surface area contributed by atoms with E-state index < -0.39 is 5.97 Å². The molecule has 6 nitrogen and oxygen atoms in total. The van der Waals surface area contributed by atoms with E-state index in [4.69, 9.17) is 15.6 Å². The van der Waals surface area contributed by atoms with Crippen LogP contribution in [0.4, 0.5) is 11.5 Å². The standard InChI is InChI=1S/C12H19N3O3/c1-2-3-5-18-6-4-14-11-10(12(16)17)7-9(13)8-15-11/h7-8H,2-6,13H2,1H3,(H,14,15)(H,16,17). The molecular formula is C12H19N3O3. The van der Waals surface area contributed by atoms with Crippen LogP contribution in [0.3, 0.4) is 0 Å². The molecule has 0 saturated heterocycles. The Bertz CT molecular complexity index is 396. The van der Waals surface area contributed by atoms with Crippen molar-refractivity contribution in [1.82, 2.24) is 4.98 Å². The predicted octanol–water partition coefficient (Wildman–Crippen LogP) is 1.59. The molecule has 0 amide bonds. The number of ether oxygens (including phenoxy) is 1. The summed E-state index contributed by atoms with van der Waals surface area (Å²) in [5.74, 6) is -0.736. The van der Waals surface area contributed by atoms with Crippen LogP contribution in [0.1, 0.15) is 30.1 Å². The van der Waals surface area contributed by atoms with E-state index in [9.17, 15) is 4.79 Å². The molecule has 0 spiro atoms. The number of nitrogens with zero attached hydrogens (tertiary/aromatic N) is 1. The van der Waals surface area contributed by atoms with E-state index in [-0.39, 0.29) is 5.56 Å². The lowest BCUT2D eigenvalue weighted by Crippen LogP contribution is -2.14. The Morgan fingerprint density at radius 3 is 3.00 bits per heavy atom. The van der Waals surface area contributed by atoms with Crippen LogP contribution in [0.25, 0.3) is 0 Å². The number of pyridine rings is 1. The fourth-order valence-electron chi connectivity index (χ4n) is 1.37. The van der Waals surface area contributed by atoms with E-state index in [1.165, 1.54) is 12.3 Å². The van der Waals surface area contributed by atoms with Gasteiger partial charge in [-0.1, -0.05) is 13.3 Å². The molecule has 0 atom stereocenters. The van der Waals surface area contributed by atoms with Crippen molar-refractivity contribution in [3.63, 3.8) is 0 Å². The van der Waals surface area contributed by atoms with Crippen molar-refractivity contribution < 1.29 is 14.6 Å². The number of hydrogen-bond acceptors (Lipinski definition) is 5. The number of anilines is 2. The van der Waals surface area contributed by atoms with Gasteiger partial charge < -0.3 is 20.9 Å². The van der Waals surface area contributed by atoms with E-state index in [0.717, 1.165) is 19.4 Å². The molecule has 1 heterocycles. The van der Waals surface area contributed by atoms with Crippen molar-refractivity contribution in [3.05, 3.63) is 17.8 Å². The average Bonchev–Trinajstić information content (AvgIpc) is 2.35. The van der Waals surface area contributed by atoms with Gasteiger partial charge in [0.15, 0.2) is 0 Å². The topological polar surface area (TPSA) is 97.5 Å². The van der Waals surface area contributed by atoms with Crippen LogP contribution in [-0.2, 0) is 4.74 Å². The van der Waals surface area contributed by atoms with Crippen LogP contribution in [-0.4, -0.2) is 35.8 Å². The number of carbonyl (C=O) groups is 1. The quantitative estimate of drug-likeness (QED) is 0.609. The first-order valence-corrected chi connectivity index (χ1v) is 5.95. The molecule has 1 aromatic heterocycles. The first kappa shape index (κ1) is 14.2. The van der Waals surface area contributed by atoms with Crippen LogP contribution in [0, 0.1) is 0 Å². The van der Waals surface area contributed by atoms with Crippen LogP contribution >= 0.6 is 0 Å². The van der Waals surface area contributed by atoms with E-state index >= 15 is 0 Å². The van der Waals surface area contributed by atoms with Gasteiger partial charge in [0.2, 0.25) is 0 Å². The summed E-state index contributed by atoms with van der Waals surface area (Å²) in [6.07, 6.45) is 3.54. The van der Waals surface area contributed by atoms with Crippen molar-refractivity contribution in [2.24, 2.45) is 0 Å². The van der Waals surface area contributed by atoms with Gasteiger partial charge in [-0.25, -0.2) is 9.78 Å². The number of nitrogen functional groups attached to an aromatic ring is 1. The van der Waals surface area contributed by atoms with Gasteiger partial charge in [0.1, 0.15) is 11.4 Å². The highest BCUT2D eigenvalue weighted by Gasteiger charge is 2.11. The normalized spacial score (nSPS) is 10.3. The summed E-state index contributed by atoms with van der Waals surface area (Å²) in [5.41, 5.74) is 5.90. The summed E-state index contributed by atoms with van der Waals surface area (Å²) in [4.78, 5) is 14.9. The second-order valence-electron chi connectivity index (χ2n) is 3.86. The van der Waals surface area contributed by atoms with E-state index in [1.54, 1.807) is 0 Å². The van der Waals surface area contributed by atoms with Gasteiger partial charge in [0.05, 0.1) is 18.5 Å². The second kappa shape index (κ2) is 7.50. The van der Waals surface area contributed by atoms with Gasteiger partial charge >= 0.3 is 5.97 Å². The fourth-order valence-corrected chi connectivity index (χ4v) is 1.37.